The maximum Gasteiger partial charge on any atom is 0.126 e. The lowest BCUT2D eigenvalue weighted by atomic mass is 10.1. The highest BCUT2D eigenvalue weighted by Gasteiger charge is 2.19. The van der Waals surface area contributed by atoms with Crippen LogP contribution >= 0.6 is 0 Å². The van der Waals surface area contributed by atoms with Crippen molar-refractivity contribution in [3.8, 4) is 5.75 Å². The van der Waals surface area contributed by atoms with Gasteiger partial charge in [-0.25, -0.2) is 0 Å². The van der Waals surface area contributed by atoms with E-state index < -0.39 is 6.10 Å². The first-order valence-electron chi connectivity index (χ1n) is 6.84. The molecule has 0 aliphatic carbocycles. The molecule has 1 aliphatic heterocycles. The van der Waals surface area contributed by atoms with Gasteiger partial charge in [0.2, 0.25) is 0 Å². The maximum absolute atomic E-state index is 10.0. The number of aliphatic hydroxyl groups is 1. The van der Waals surface area contributed by atoms with Gasteiger partial charge in [0.25, 0.3) is 0 Å². The van der Waals surface area contributed by atoms with Crippen molar-refractivity contribution in [2.45, 2.75) is 38.7 Å². The van der Waals surface area contributed by atoms with Gasteiger partial charge in [0.1, 0.15) is 5.75 Å². The third-order valence-corrected chi connectivity index (χ3v) is 3.63. The second-order valence-electron chi connectivity index (χ2n) is 4.97. The second-order valence-corrected chi connectivity index (χ2v) is 4.97. The van der Waals surface area contributed by atoms with E-state index in [1.807, 2.05) is 12.1 Å². The predicted molar refractivity (Wildman–Crippen MR) is 74.3 cm³/mol. The molecular weight excluding hydrogens is 226 g/mol. The van der Waals surface area contributed by atoms with Crippen molar-refractivity contribution in [1.82, 2.24) is 0 Å². The maximum atomic E-state index is 10.0. The van der Waals surface area contributed by atoms with Crippen LogP contribution in [-0.2, 0) is 0 Å². The van der Waals surface area contributed by atoms with Crippen LogP contribution in [0.15, 0.2) is 18.2 Å². The van der Waals surface area contributed by atoms with Crippen LogP contribution in [0.1, 0.15) is 44.3 Å². The molecule has 1 aromatic rings. The lowest BCUT2D eigenvalue weighted by Gasteiger charge is -2.27. The SMILES string of the molecule is COc1cccc(N2CCCCCC2)c1C(C)O. The van der Waals surface area contributed by atoms with Gasteiger partial charge in [-0.3, -0.25) is 0 Å². The van der Waals surface area contributed by atoms with Gasteiger partial charge in [-0.15, -0.1) is 0 Å². The summed E-state index contributed by atoms with van der Waals surface area (Å²) in [5.41, 5.74) is 2.05. The molecule has 1 saturated heterocycles. The number of rotatable bonds is 3. The lowest BCUT2D eigenvalue weighted by molar-refractivity contribution is 0.194. The molecule has 0 aromatic heterocycles. The second kappa shape index (κ2) is 6.10. The van der Waals surface area contributed by atoms with Gasteiger partial charge in [0.05, 0.1) is 13.2 Å². The van der Waals surface area contributed by atoms with Crippen LogP contribution in [0.2, 0.25) is 0 Å². The van der Waals surface area contributed by atoms with Crippen molar-refractivity contribution < 1.29 is 9.84 Å². The summed E-state index contributed by atoms with van der Waals surface area (Å²) in [5, 5.41) is 10.0. The molecule has 1 aromatic carbocycles. The van der Waals surface area contributed by atoms with Crippen molar-refractivity contribution in [3.05, 3.63) is 23.8 Å². The molecule has 1 heterocycles. The molecule has 100 valence electrons. The molecule has 0 bridgehead atoms. The van der Waals surface area contributed by atoms with Gasteiger partial charge in [-0.05, 0) is 31.9 Å². The first-order chi connectivity index (χ1) is 8.74. The molecule has 0 saturated carbocycles. The Hall–Kier alpha value is -1.22. The first-order valence-corrected chi connectivity index (χ1v) is 6.84. The number of methoxy groups -OCH3 is 1. The zero-order valence-corrected chi connectivity index (χ0v) is 11.4. The quantitative estimate of drug-likeness (QED) is 0.893. The van der Waals surface area contributed by atoms with Gasteiger partial charge in [-0.2, -0.15) is 0 Å². The Balaban J connectivity index is 2.35. The van der Waals surface area contributed by atoms with E-state index in [1.165, 1.54) is 25.7 Å². The molecule has 1 N–H and O–H groups in total. The normalized spacial score (nSPS) is 18.3. The summed E-state index contributed by atoms with van der Waals surface area (Å²) >= 11 is 0. The predicted octanol–water partition coefficient (Wildman–Crippen LogP) is 3.13. The zero-order valence-electron chi connectivity index (χ0n) is 11.4. The van der Waals surface area contributed by atoms with E-state index in [0.29, 0.717) is 0 Å². The molecule has 1 atom stereocenters. The highest BCUT2D eigenvalue weighted by Crippen LogP contribution is 2.35. The summed E-state index contributed by atoms with van der Waals surface area (Å²) in [6.07, 6.45) is 4.58. The summed E-state index contributed by atoms with van der Waals surface area (Å²) in [6, 6.07) is 6.02. The van der Waals surface area contributed by atoms with Crippen LogP contribution in [-0.4, -0.2) is 25.3 Å². The highest BCUT2D eigenvalue weighted by molar-refractivity contribution is 5.60. The van der Waals surface area contributed by atoms with Crippen molar-refractivity contribution in [1.29, 1.82) is 0 Å². The molecule has 1 unspecified atom stereocenters. The fraction of sp³-hybridized carbons (Fsp3) is 0.600. The number of hydrogen-bond donors (Lipinski definition) is 1. The van der Waals surface area contributed by atoms with E-state index in [9.17, 15) is 5.11 Å². The van der Waals surface area contributed by atoms with Crippen LogP contribution in [0.5, 0.6) is 5.75 Å². The number of anilines is 1. The Morgan fingerprint density at radius 1 is 1.17 bits per heavy atom. The number of nitrogens with zero attached hydrogens (tertiary/aromatic N) is 1. The Morgan fingerprint density at radius 3 is 2.39 bits per heavy atom. The summed E-state index contributed by atoms with van der Waals surface area (Å²) in [7, 11) is 1.66. The largest absolute Gasteiger partial charge is 0.496 e. The average molecular weight is 249 g/mol. The van der Waals surface area contributed by atoms with Crippen molar-refractivity contribution in [2.75, 3.05) is 25.1 Å². The van der Waals surface area contributed by atoms with Crippen LogP contribution in [0.25, 0.3) is 0 Å². The van der Waals surface area contributed by atoms with Crippen molar-refractivity contribution >= 4 is 5.69 Å². The molecule has 3 nitrogen and oxygen atoms in total. The van der Waals surface area contributed by atoms with Crippen LogP contribution in [0, 0.1) is 0 Å². The summed E-state index contributed by atoms with van der Waals surface area (Å²) < 4.78 is 5.38. The van der Waals surface area contributed by atoms with Gasteiger partial charge in [0, 0.05) is 24.3 Å². The lowest BCUT2D eigenvalue weighted by Crippen LogP contribution is -2.25. The van der Waals surface area contributed by atoms with Crippen molar-refractivity contribution in [2.24, 2.45) is 0 Å². The van der Waals surface area contributed by atoms with Gasteiger partial charge in [0.15, 0.2) is 0 Å². The number of ether oxygens (including phenoxy) is 1. The van der Waals surface area contributed by atoms with E-state index in [0.717, 1.165) is 30.1 Å². The van der Waals surface area contributed by atoms with Gasteiger partial charge in [-0.1, -0.05) is 18.9 Å². The first kappa shape index (κ1) is 13.2. The minimum absolute atomic E-state index is 0.501. The Bertz CT molecular complexity index is 382. The Labute approximate surface area is 109 Å². The molecule has 3 heteroatoms. The zero-order chi connectivity index (χ0) is 13.0. The molecule has 1 aliphatic rings. The summed E-state index contributed by atoms with van der Waals surface area (Å²) in [5.74, 6) is 0.784. The monoisotopic (exact) mass is 249 g/mol. The average Bonchev–Trinajstić information content (AvgIpc) is 2.66. The molecule has 0 spiro atoms. The number of aliphatic hydroxyl groups excluding tert-OH is 1. The van der Waals surface area contributed by atoms with Crippen LogP contribution in [0.4, 0.5) is 5.69 Å². The minimum Gasteiger partial charge on any atom is -0.496 e. The number of benzene rings is 1. The molecule has 0 amide bonds. The summed E-state index contributed by atoms with van der Waals surface area (Å²) in [4.78, 5) is 2.39. The van der Waals surface area contributed by atoms with E-state index in [1.54, 1.807) is 14.0 Å². The van der Waals surface area contributed by atoms with Crippen LogP contribution in [0.3, 0.4) is 0 Å². The van der Waals surface area contributed by atoms with E-state index >= 15 is 0 Å². The Kier molecular flexibility index (Phi) is 4.48. The third-order valence-electron chi connectivity index (χ3n) is 3.63. The smallest absolute Gasteiger partial charge is 0.126 e. The number of hydrogen-bond acceptors (Lipinski definition) is 3. The van der Waals surface area contributed by atoms with Gasteiger partial charge >= 0.3 is 0 Å². The topological polar surface area (TPSA) is 32.7 Å². The van der Waals surface area contributed by atoms with Crippen LogP contribution < -0.4 is 9.64 Å². The summed E-state index contributed by atoms with van der Waals surface area (Å²) in [6.45, 7) is 3.96. The van der Waals surface area contributed by atoms with Gasteiger partial charge < -0.3 is 14.7 Å². The van der Waals surface area contributed by atoms with E-state index in [2.05, 4.69) is 11.0 Å². The fourth-order valence-corrected chi connectivity index (χ4v) is 2.72. The van der Waals surface area contributed by atoms with E-state index in [4.69, 9.17) is 4.74 Å². The molecule has 0 radical (unpaired) electrons. The Morgan fingerprint density at radius 2 is 1.83 bits per heavy atom. The van der Waals surface area contributed by atoms with Crippen molar-refractivity contribution in [3.63, 3.8) is 0 Å². The fourth-order valence-electron chi connectivity index (χ4n) is 2.72. The van der Waals surface area contributed by atoms with E-state index in [-0.39, 0.29) is 0 Å². The molecule has 18 heavy (non-hydrogen) atoms. The molecular formula is C15H23NO2. The standard InChI is InChI=1S/C15H23NO2/c1-12(17)15-13(8-7-9-14(15)18-2)16-10-5-3-4-6-11-16/h7-9,12,17H,3-6,10-11H2,1-2H3. The molecule has 1 fully saturated rings. The highest BCUT2D eigenvalue weighted by atomic mass is 16.5. The third kappa shape index (κ3) is 2.78. The molecule has 2 rings (SSSR count). The minimum atomic E-state index is -0.501.